The van der Waals surface area contributed by atoms with Gasteiger partial charge in [0.15, 0.2) is 5.69 Å². The summed E-state index contributed by atoms with van der Waals surface area (Å²) in [6.45, 7) is 2.70. The summed E-state index contributed by atoms with van der Waals surface area (Å²) in [6.07, 6.45) is 0. The lowest BCUT2D eigenvalue weighted by Crippen LogP contribution is -2.24. The number of thiophene rings is 1. The molecule has 0 fully saturated rings. The van der Waals surface area contributed by atoms with E-state index in [1.54, 1.807) is 28.9 Å². The van der Waals surface area contributed by atoms with Crippen LogP contribution in [-0.2, 0) is 13.1 Å². The molecule has 0 saturated carbocycles. The Morgan fingerprint density at radius 1 is 1.33 bits per heavy atom. The van der Waals surface area contributed by atoms with Gasteiger partial charge in [-0.15, -0.1) is 11.3 Å². The van der Waals surface area contributed by atoms with Crippen molar-refractivity contribution in [1.82, 2.24) is 15.1 Å². The van der Waals surface area contributed by atoms with E-state index in [1.807, 2.05) is 19.1 Å². The number of amides is 1. The lowest BCUT2D eigenvalue weighted by Gasteiger charge is -2.04. The Kier molecular flexibility index (Phi) is 4.97. The number of halogens is 2. The summed E-state index contributed by atoms with van der Waals surface area (Å²) in [5.74, 6) is -0.680. The van der Waals surface area contributed by atoms with Gasteiger partial charge in [-0.2, -0.15) is 5.10 Å². The summed E-state index contributed by atoms with van der Waals surface area (Å²) in [4.78, 5) is 13.3. The molecule has 0 radical (unpaired) electrons. The van der Waals surface area contributed by atoms with Gasteiger partial charge >= 0.3 is 0 Å². The first-order valence-electron chi connectivity index (χ1n) is 7.43. The third-order valence-corrected chi connectivity index (χ3v) is 4.79. The van der Waals surface area contributed by atoms with Gasteiger partial charge in [0, 0.05) is 18.7 Å². The molecule has 2 aromatic heterocycles. The first kappa shape index (κ1) is 16.7. The average Bonchev–Trinajstić information content (AvgIpc) is 3.19. The largest absolute Gasteiger partial charge is 0.346 e. The highest BCUT2D eigenvalue weighted by Gasteiger charge is 2.16. The highest BCUT2D eigenvalue weighted by Crippen LogP contribution is 2.31. The summed E-state index contributed by atoms with van der Waals surface area (Å²) in [5.41, 5.74) is 1.57. The van der Waals surface area contributed by atoms with Gasteiger partial charge in [-0.25, -0.2) is 4.39 Å². The molecule has 0 aliphatic rings. The molecule has 2 heterocycles. The third-order valence-electron chi connectivity index (χ3n) is 3.54. The van der Waals surface area contributed by atoms with Crippen molar-refractivity contribution in [3.8, 4) is 10.6 Å². The molecule has 1 amide bonds. The SMILES string of the molecule is CCn1nc(C(=O)NCc2ccccc2F)cc1-c1ccc(Cl)s1. The molecule has 7 heteroatoms. The first-order valence-corrected chi connectivity index (χ1v) is 8.63. The van der Waals surface area contributed by atoms with Crippen LogP contribution >= 0.6 is 22.9 Å². The molecule has 0 aliphatic carbocycles. The fourth-order valence-electron chi connectivity index (χ4n) is 2.33. The highest BCUT2D eigenvalue weighted by molar-refractivity contribution is 7.19. The van der Waals surface area contributed by atoms with Crippen molar-refractivity contribution >= 4 is 28.8 Å². The maximum Gasteiger partial charge on any atom is 0.272 e. The second-order valence-electron chi connectivity index (χ2n) is 5.11. The molecule has 1 N–H and O–H groups in total. The lowest BCUT2D eigenvalue weighted by molar-refractivity contribution is 0.0945. The molecule has 0 spiro atoms. The molecule has 0 atom stereocenters. The molecule has 0 saturated heterocycles. The molecular weight excluding hydrogens is 349 g/mol. The number of nitrogens with zero attached hydrogens (tertiary/aromatic N) is 2. The number of benzene rings is 1. The van der Waals surface area contributed by atoms with Crippen molar-refractivity contribution in [3.63, 3.8) is 0 Å². The van der Waals surface area contributed by atoms with E-state index in [9.17, 15) is 9.18 Å². The molecule has 3 rings (SSSR count). The Balaban J connectivity index is 1.78. The molecule has 0 aliphatic heterocycles. The number of rotatable bonds is 5. The number of hydrogen-bond acceptors (Lipinski definition) is 3. The minimum Gasteiger partial charge on any atom is -0.346 e. The lowest BCUT2D eigenvalue weighted by atomic mass is 10.2. The number of carbonyl (C=O) groups excluding carboxylic acids is 1. The van der Waals surface area contributed by atoms with Gasteiger partial charge in [0.05, 0.1) is 14.9 Å². The fourth-order valence-corrected chi connectivity index (χ4v) is 3.39. The number of aromatic nitrogens is 2. The minimum atomic E-state index is -0.342. The van der Waals surface area contributed by atoms with E-state index < -0.39 is 0 Å². The van der Waals surface area contributed by atoms with Crippen LogP contribution < -0.4 is 5.32 Å². The van der Waals surface area contributed by atoms with Crippen molar-refractivity contribution in [2.24, 2.45) is 0 Å². The smallest absolute Gasteiger partial charge is 0.272 e. The van der Waals surface area contributed by atoms with E-state index in [0.29, 0.717) is 22.1 Å². The van der Waals surface area contributed by atoms with Crippen molar-refractivity contribution in [1.29, 1.82) is 0 Å². The van der Waals surface area contributed by atoms with E-state index in [1.165, 1.54) is 17.4 Å². The number of carbonyl (C=O) groups is 1. The zero-order valence-corrected chi connectivity index (χ0v) is 14.5. The zero-order chi connectivity index (χ0) is 17.1. The van der Waals surface area contributed by atoms with Gasteiger partial charge in [-0.1, -0.05) is 29.8 Å². The molecule has 124 valence electrons. The number of nitrogens with one attached hydrogen (secondary N) is 1. The van der Waals surface area contributed by atoms with Gasteiger partial charge in [0.1, 0.15) is 5.82 Å². The predicted molar refractivity (Wildman–Crippen MR) is 93.8 cm³/mol. The van der Waals surface area contributed by atoms with Crippen LogP contribution in [0, 0.1) is 5.82 Å². The molecular formula is C17H15ClFN3OS. The number of aryl methyl sites for hydroxylation is 1. The minimum absolute atomic E-state index is 0.116. The van der Waals surface area contributed by atoms with E-state index >= 15 is 0 Å². The molecule has 0 unspecified atom stereocenters. The van der Waals surface area contributed by atoms with E-state index in [2.05, 4.69) is 10.4 Å². The zero-order valence-electron chi connectivity index (χ0n) is 12.9. The first-order chi connectivity index (χ1) is 11.6. The molecule has 3 aromatic rings. The Labute approximate surface area is 147 Å². The standard InChI is InChI=1S/C17H15ClFN3OS/c1-2-22-14(15-7-8-16(18)24-15)9-13(21-22)17(23)20-10-11-5-3-4-6-12(11)19/h3-9H,2,10H2,1H3,(H,20,23). The summed E-state index contributed by atoms with van der Waals surface area (Å²) >= 11 is 7.41. The van der Waals surface area contributed by atoms with Crippen LogP contribution in [0.5, 0.6) is 0 Å². The summed E-state index contributed by atoms with van der Waals surface area (Å²) < 4.78 is 16.0. The van der Waals surface area contributed by atoms with Crippen LogP contribution in [0.3, 0.4) is 0 Å². The maximum absolute atomic E-state index is 13.6. The van der Waals surface area contributed by atoms with Gasteiger partial charge in [0.25, 0.3) is 5.91 Å². The van der Waals surface area contributed by atoms with Crippen LogP contribution in [0.25, 0.3) is 10.6 Å². The number of hydrogen-bond donors (Lipinski definition) is 1. The van der Waals surface area contributed by atoms with Crippen molar-refractivity contribution in [2.45, 2.75) is 20.0 Å². The van der Waals surface area contributed by atoms with Crippen LogP contribution in [0.15, 0.2) is 42.5 Å². The Morgan fingerprint density at radius 3 is 2.79 bits per heavy atom. The van der Waals surface area contributed by atoms with E-state index in [-0.39, 0.29) is 18.3 Å². The summed E-state index contributed by atoms with van der Waals surface area (Å²) in [5, 5.41) is 7.02. The van der Waals surface area contributed by atoms with Crippen molar-refractivity contribution in [3.05, 3.63) is 63.9 Å². The monoisotopic (exact) mass is 363 g/mol. The van der Waals surface area contributed by atoms with Crippen molar-refractivity contribution in [2.75, 3.05) is 0 Å². The van der Waals surface area contributed by atoms with Gasteiger partial charge in [-0.05, 0) is 31.2 Å². The maximum atomic E-state index is 13.6. The second kappa shape index (κ2) is 7.15. The Bertz CT molecular complexity index is 874. The van der Waals surface area contributed by atoms with E-state index in [0.717, 1.165) is 10.6 Å². The Morgan fingerprint density at radius 2 is 2.12 bits per heavy atom. The molecule has 0 bridgehead atoms. The van der Waals surface area contributed by atoms with Crippen LogP contribution in [0.4, 0.5) is 4.39 Å². The topological polar surface area (TPSA) is 46.9 Å². The van der Waals surface area contributed by atoms with Gasteiger partial charge < -0.3 is 5.32 Å². The average molecular weight is 364 g/mol. The highest BCUT2D eigenvalue weighted by atomic mass is 35.5. The van der Waals surface area contributed by atoms with E-state index in [4.69, 9.17) is 11.6 Å². The second-order valence-corrected chi connectivity index (χ2v) is 6.82. The van der Waals surface area contributed by atoms with Crippen LogP contribution in [0.1, 0.15) is 23.0 Å². The molecule has 4 nitrogen and oxygen atoms in total. The quantitative estimate of drug-likeness (QED) is 0.732. The normalized spacial score (nSPS) is 10.8. The molecule has 24 heavy (non-hydrogen) atoms. The van der Waals surface area contributed by atoms with Crippen LogP contribution in [0.2, 0.25) is 4.34 Å². The van der Waals surface area contributed by atoms with Crippen LogP contribution in [-0.4, -0.2) is 15.7 Å². The summed E-state index contributed by atoms with van der Waals surface area (Å²) in [7, 11) is 0. The van der Waals surface area contributed by atoms with Gasteiger partial charge in [-0.3, -0.25) is 9.48 Å². The third kappa shape index (κ3) is 3.49. The predicted octanol–water partition coefficient (Wildman–Crippen LogP) is 4.35. The molecule has 1 aromatic carbocycles. The van der Waals surface area contributed by atoms with Crippen molar-refractivity contribution < 1.29 is 9.18 Å². The Hall–Kier alpha value is -2.18. The van der Waals surface area contributed by atoms with Gasteiger partial charge in [0.2, 0.25) is 0 Å². The fraction of sp³-hybridized carbons (Fsp3) is 0.176. The summed E-state index contributed by atoms with van der Waals surface area (Å²) in [6, 6.07) is 11.8.